The number of amides is 1. The van der Waals surface area contributed by atoms with Gasteiger partial charge in [-0.1, -0.05) is 30.8 Å². The molecule has 0 aliphatic rings. The maximum absolute atomic E-state index is 11.6. The van der Waals surface area contributed by atoms with Gasteiger partial charge < -0.3 is 15.5 Å². The van der Waals surface area contributed by atoms with Crippen LogP contribution in [-0.4, -0.2) is 28.7 Å². The van der Waals surface area contributed by atoms with E-state index in [2.05, 4.69) is 17.2 Å². The average Bonchev–Trinajstić information content (AvgIpc) is 2.87. The molecule has 1 amide bonds. The zero-order valence-corrected chi connectivity index (χ0v) is 13.2. The van der Waals surface area contributed by atoms with Gasteiger partial charge in [-0.15, -0.1) is 0 Å². The summed E-state index contributed by atoms with van der Waals surface area (Å²) in [5, 5.41) is 3.84. The molecule has 0 spiro atoms. The highest BCUT2D eigenvalue weighted by Crippen LogP contribution is 2.25. The lowest BCUT2D eigenvalue weighted by Gasteiger charge is -2.27. The molecule has 5 nitrogen and oxygen atoms in total. The highest BCUT2D eigenvalue weighted by atomic mass is 32.2. The van der Waals surface area contributed by atoms with Gasteiger partial charge in [-0.25, -0.2) is 4.98 Å². The molecule has 2 rings (SSSR count). The number of primary amides is 1. The van der Waals surface area contributed by atoms with Crippen LogP contribution < -0.4 is 11.1 Å². The van der Waals surface area contributed by atoms with E-state index in [9.17, 15) is 4.79 Å². The number of rotatable bonds is 8. The first kappa shape index (κ1) is 15.9. The largest absolute Gasteiger partial charge is 0.431 e. The molecule has 2 aromatic rings. The van der Waals surface area contributed by atoms with E-state index in [4.69, 9.17) is 10.2 Å². The number of nitrogens with one attached hydrogen (secondary N) is 1. The lowest BCUT2D eigenvalue weighted by molar-refractivity contribution is -0.123. The monoisotopic (exact) mass is 307 g/mol. The molecule has 1 aromatic heterocycles. The summed E-state index contributed by atoms with van der Waals surface area (Å²) in [6.45, 7) is 4.67. The Labute approximate surface area is 128 Å². The van der Waals surface area contributed by atoms with Crippen molar-refractivity contribution in [2.75, 3.05) is 12.3 Å². The second-order valence-corrected chi connectivity index (χ2v) is 6.22. The molecule has 114 valence electrons. The highest BCUT2D eigenvalue weighted by molar-refractivity contribution is 7.99. The fourth-order valence-electron chi connectivity index (χ4n) is 1.95. The number of para-hydroxylation sites is 2. The predicted molar refractivity (Wildman–Crippen MR) is 85.2 cm³/mol. The van der Waals surface area contributed by atoms with Crippen molar-refractivity contribution in [3.8, 4) is 0 Å². The third-order valence-corrected chi connectivity index (χ3v) is 4.24. The number of hydrogen-bond donors (Lipinski definition) is 2. The normalized spacial score (nSPS) is 14.2. The van der Waals surface area contributed by atoms with Gasteiger partial charge in [0.1, 0.15) is 5.52 Å². The van der Waals surface area contributed by atoms with E-state index in [1.165, 1.54) is 11.8 Å². The summed E-state index contributed by atoms with van der Waals surface area (Å²) in [5.74, 6) is 0.386. The summed E-state index contributed by atoms with van der Waals surface area (Å²) < 4.78 is 5.64. The van der Waals surface area contributed by atoms with Crippen molar-refractivity contribution in [1.82, 2.24) is 10.3 Å². The number of nitrogens with two attached hydrogens (primary N) is 1. The van der Waals surface area contributed by atoms with Crippen molar-refractivity contribution in [1.29, 1.82) is 0 Å². The Morgan fingerprint density at radius 1 is 1.48 bits per heavy atom. The van der Waals surface area contributed by atoms with Crippen LogP contribution in [0.15, 0.2) is 33.9 Å². The van der Waals surface area contributed by atoms with Crippen LogP contribution in [0, 0.1) is 0 Å². The van der Waals surface area contributed by atoms with Crippen LogP contribution in [0.1, 0.15) is 26.7 Å². The highest BCUT2D eigenvalue weighted by Gasteiger charge is 2.29. The zero-order valence-electron chi connectivity index (χ0n) is 12.4. The number of aromatic nitrogens is 1. The first-order valence-electron chi connectivity index (χ1n) is 7.08. The number of hydrogen-bond acceptors (Lipinski definition) is 5. The lowest BCUT2D eigenvalue weighted by atomic mass is 9.98. The van der Waals surface area contributed by atoms with Gasteiger partial charge in [-0.2, -0.15) is 0 Å². The van der Waals surface area contributed by atoms with Crippen LogP contribution in [0.3, 0.4) is 0 Å². The fraction of sp³-hybridized carbons (Fsp3) is 0.467. The molecule has 0 saturated carbocycles. The number of carbonyl (C=O) groups excluding carboxylic acids is 1. The molecular formula is C15H21N3O2S. The Kier molecular flexibility index (Phi) is 5.25. The number of fused-ring (bicyclic) bond motifs is 1. The maximum atomic E-state index is 11.6. The van der Waals surface area contributed by atoms with E-state index in [-0.39, 0.29) is 5.91 Å². The van der Waals surface area contributed by atoms with Crippen LogP contribution in [0.5, 0.6) is 0 Å². The van der Waals surface area contributed by atoms with Crippen molar-refractivity contribution >= 4 is 28.8 Å². The van der Waals surface area contributed by atoms with Gasteiger partial charge >= 0.3 is 0 Å². The van der Waals surface area contributed by atoms with Gasteiger partial charge in [0.2, 0.25) is 5.91 Å². The molecule has 3 N–H and O–H groups in total. The third-order valence-electron chi connectivity index (χ3n) is 3.41. The van der Waals surface area contributed by atoms with Gasteiger partial charge in [0.25, 0.3) is 5.22 Å². The standard InChI is InChI=1S/C15H21N3O2S/c1-3-9-17-15(2,13(16)19)8-10-21-14-18-11-6-4-5-7-12(11)20-14/h4-7,17H,3,8-10H2,1-2H3,(H2,16,19). The van der Waals surface area contributed by atoms with Crippen LogP contribution in [0.2, 0.25) is 0 Å². The SMILES string of the molecule is CCCNC(C)(CCSc1nc2ccccc2o1)C(N)=O. The third kappa shape index (κ3) is 3.98. The summed E-state index contributed by atoms with van der Waals surface area (Å²) in [6, 6.07) is 7.65. The number of nitrogens with zero attached hydrogens (tertiary/aromatic N) is 1. The molecule has 1 atom stereocenters. The Hall–Kier alpha value is -1.53. The Morgan fingerprint density at radius 2 is 2.24 bits per heavy atom. The first-order chi connectivity index (χ1) is 10.0. The summed E-state index contributed by atoms with van der Waals surface area (Å²) in [7, 11) is 0. The van der Waals surface area contributed by atoms with Crippen molar-refractivity contribution < 1.29 is 9.21 Å². The minimum atomic E-state index is -0.685. The van der Waals surface area contributed by atoms with Crippen LogP contribution >= 0.6 is 11.8 Å². The van der Waals surface area contributed by atoms with E-state index in [0.717, 1.165) is 24.1 Å². The number of carbonyl (C=O) groups is 1. The Balaban J connectivity index is 1.93. The first-order valence-corrected chi connectivity index (χ1v) is 8.07. The molecule has 0 bridgehead atoms. The van der Waals surface area contributed by atoms with Crippen LogP contribution in [0.4, 0.5) is 0 Å². The second-order valence-electron chi connectivity index (χ2n) is 5.17. The van der Waals surface area contributed by atoms with Gasteiger partial charge in [0.05, 0.1) is 5.54 Å². The predicted octanol–water partition coefficient (Wildman–Crippen LogP) is 2.55. The lowest BCUT2D eigenvalue weighted by Crippen LogP contribution is -2.53. The van der Waals surface area contributed by atoms with E-state index < -0.39 is 5.54 Å². The Bertz CT molecular complexity index is 581. The molecule has 1 heterocycles. The second kappa shape index (κ2) is 6.95. The van der Waals surface area contributed by atoms with Crippen LogP contribution in [0.25, 0.3) is 11.1 Å². The van der Waals surface area contributed by atoms with E-state index >= 15 is 0 Å². The smallest absolute Gasteiger partial charge is 0.256 e. The van der Waals surface area contributed by atoms with Gasteiger partial charge in [-0.3, -0.25) is 4.79 Å². The molecule has 1 unspecified atom stereocenters. The molecule has 6 heteroatoms. The van der Waals surface area contributed by atoms with Crippen LogP contribution in [-0.2, 0) is 4.79 Å². The van der Waals surface area contributed by atoms with Crippen molar-refractivity contribution in [2.45, 2.75) is 37.5 Å². The van der Waals surface area contributed by atoms with Crippen molar-refractivity contribution in [3.05, 3.63) is 24.3 Å². The summed E-state index contributed by atoms with van der Waals surface area (Å²) in [5.41, 5.74) is 6.45. The quantitative estimate of drug-likeness (QED) is 0.733. The van der Waals surface area contributed by atoms with Crippen molar-refractivity contribution in [2.24, 2.45) is 5.73 Å². The van der Waals surface area contributed by atoms with E-state index in [1.54, 1.807) is 0 Å². The summed E-state index contributed by atoms with van der Waals surface area (Å²) >= 11 is 1.50. The average molecular weight is 307 g/mol. The zero-order chi connectivity index (χ0) is 15.3. The number of oxazole rings is 1. The molecule has 0 saturated heterocycles. The van der Waals surface area contributed by atoms with Gasteiger partial charge in [-0.05, 0) is 38.4 Å². The minimum absolute atomic E-state index is 0.325. The molecule has 21 heavy (non-hydrogen) atoms. The Morgan fingerprint density at radius 3 is 2.90 bits per heavy atom. The molecule has 1 aromatic carbocycles. The molecule has 0 aliphatic heterocycles. The summed E-state index contributed by atoms with van der Waals surface area (Å²) in [4.78, 5) is 16.0. The van der Waals surface area contributed by atoms with Gasteiger partial charge in [0.15, 0.2) is 5.58 Å². The molecule has 0 fully saturated rings. The number of benzene rings is 1. The minimum Gasteiger partial charge on any atom is -0.431 e. The number of thioether (sulfide) groups is 1. The molecular weight excluding hydrogens is 286 g/mol. The molecule has 0 aliphatic carbocycles. The van der Waals surface area contributed by atoms with E-state index in [1.807, 2.05) is 31.2 Å². The van der Waals surface area contributed by atoms with E-state index in [0.29, 0.717) is 17.4 Å². The summed E-state index contributed by atoms with van der Waals surface area (Å²) in [6.07, 6.45) is 1.59. The molecule has 0 radical (unpaired) electrons. The topological polar surface area (TPSA) is 81.2 Å². The maximum Gasteiger partial charge on any atom is 0.256 e. The van der Waals surface area contributed by atoms with Gasteiger partial charge in [0, 0.05) is 5.75 Å². The van der Waals surface area contributed by atoms with Crippen molar-refractivity contribution in [3.63, 3.8) is 0 Å². The fourth-order valence-corrected chi connectivity index (χ4v) is 2.95.